The molecule has 232 valence electrons. The van der Waals surface area contributed by atoms with Crippen LogP contribution in [-0.2, 0) is 28.5 Å². The van der Waals surface area contributed by atoms with Crippen LogP contribution in [0.25, 0.3) is 0 Å². The van der Waals surface area contributed by atoms with Gasteiger partial charge in [-0.1, -0.05) is 6.07 Å². The molecule has 0 radical (unpaired) electrons. The lowest BCUT2D eigenvalue weighted by Crippen LogP contribution is -2.32. The second-order valence-electron chi connectivity index (χ2n) is 8.17. The van der Waals surface area contributed by atoms with Crippen LogP contribution in [0.2, 0.25) is 0 Å². The Morgan fingerprint density at radius 3 is 2.33 bits per heavy atom. The minimum absolute atomic E-state index is 0.0489. The number of methoxy groups -OCH3 is 2. The van der Waals surface area contributed by atoms with Crippen molar-refractivity contribution in [1.82, 2.24) is 10.6 Å². The summed E-state index contributed by atoms with van der Waals surface area (Å²) in [6.45, 7) is 2.37. The van der Waals surface area contributed by atoms with Crippen LogP contribution in [0.4, 0.5) is 0 Å². The SMILES string of the molecule is COC.COC(=O)c1cc(C)cc(C=O)c1.NC(COc1cccc(C(=O)NCCNC=O)c1)OCCOCC(=O)O. The lowest BCUT2D eigenvalue weighted by Gasteiger charge is -2.14. The Kier molecular flexibility index (Phi) is 20.9. The maximum absolute atomic E-state index is 12.0. The van der Waals surface area contributed by atoms with Crippen molar-refractivity contribution < 1.29 is 52.8 Å². The molecule has 0 saturated carbocycles. The average molecular weight is 594 g/mol. The third kappa shape index (κ3) is 18.1. The zero-order valence-electron chi connectivity index (χ0n) is 24.1. The number of aldehydes is 1. The summed E-state index contributed by atoms with van der Waals surface area (Å²) in [5.74, 6) is -1.32. The van der Waals surface area contributed by atoms with Crippen molar-refractivity contribution >= 4 is 30.5 Å². The van der Waals surface area contributed by atoms with E-state index in [9.17, 15) is 24.0 Å². The van der Waals surface area contributed by atoms with Gasteiger partial charge in [0.1, 0.15) is 31.5 Å². The van der Waals surface area contributed by atoms with Gasteiger partial charge in [0.2, 0.25) is 6.41 Å². The van der Waals surface area contributed by atoms with E-state index in [0.717, 1.165) is 5.56 Å². The summed E-state index contributed by atoms with van der Waals surface area (Å²) in [4.78, 5) is 53.9. The number of ether oxygens (including phenoxy) is 5. The molecule has 1 unspecified atom stereocenters. The van der Waals surface area contributed by atoms with E-state index in [1.54, 1.807) is 50.6 Å². The molecule has 0 aliphatic heterocycles. The van der Waals surface area contributed by atoms with Crippen molar-refractivity contribution in [3.8, 4) is 5.75 Å². The second kappa shape index (κ2) is 23.3. The fraction of sp³-hybridized carbons (Fsp3) is 0.393. The van der Waals surface area contributed by atoms with Gasteiger partial charge in [-0.3, -0.25) is 14.4 Å². The number of aryl methyl sites for hydroxylation is 1. The zero-order chi connectivity index (χ0) is 31.8. The number of nitrogens with two attached hydrogens (primary N) is 1. The van der Waals surface area contributed by atoms with E-state index >= 15 is 0 Å². The molecule has 2 amide bonds. The number of carbonyl (C=O) groups excluding carboxylic acids is 4. The predicted octanol–water partition coefficient (Wildman–Crippen LogP) is 0.801. The van der Waals surface area contributed by atoms with Gasteiger partial charge in [0.05, 0.1) is 25.9 Å². The zero-order valence-corrected chi connectivity index (χ0v) is 24.1. The van der Waals surface area contributed by atoms with Crippen LogP contribution in [0.5, 0.6) is 5.75 Å². The minimum atomic E-state index is -1.05. The standard InChI is InChI=1S/C16H23N3O7.C10H10O3.C2H6O/c17-14(25-7-6-24-10-15(21)22)9-26-13-3-1-2-12(8-13)16(23)19-5-4-18-11-20;1-7-3-8(6-11)5-9(4-7)10(12)13-2;1-3-2/h1-3,8,11,14H,4-7,9-10,17H2,(H,18,20)(H,19,23)(H,21,22);3-6H,1-2H3;1-2H3. The highest BCUT2D eigenvalue weighted by Crippen LogP contribution is 2.13. The first-order valence-corrected chi connectivity index (χ1v) is 12.5. The van der Waals surface area contributed by atoms with Crippen LogP contribution in [0, 0.1) is 6.92 Å². The Morgan fingerprint density at radius 1 is 1.00 bits per heavy atom. The first kappa shape index (κ1) is 37.6. The predicted molar refractivity (Wildman–Crippen MR) is 152 cm³/mol. The number of hydrogen-bond acceptors (Lipinski definition) is 11. The molecule has 42 heavy (non-hydrogen) atoms. The number of amides is 2. The van der Waals surface area contributed by atoms with Crippen molar-refractivity contribution in [2.75, 3.05) is 60.8 Å². The van der Waals surface area contributed by atoms with Crippen molar-refractivity contribution in [2.45, 2.75) is 13.2 Å². The Hall–Kier alpha value is -4.37. The minimum Gasteiger partial charge on any atom is -0.489 e. The number of benzene rings is 2. The first-order valence-electron chi connectivity index (χ1n) is 12.5. The molecule has 2 aromatic carbocycles. The highest BCUT2D eigenvalue weighted by molar-refractivity contribution is 5.94. The normalized spacial score (nSPS) is 10.4. The summed E-state index contributed by atoms with van der Waals surface area (Å²) in [6, 6.07) is 11.4. The van der Waals surface area contributed by atoms with E-state index in [1.165, 1.54) is 13.2 Å². The second-order valence-corrected chi connectivity index (χ2v) is 8.17. The molecule has 5 N–H and O–H groups in total. The number of esters is 1. The Morgan fingerprint density at radius 2 is 1.71 bits per heavy atom. The van der Waals surface area contributed by atoms with Gasteiger partial charge in [-0.15, -0.1) is 0 Å². The topological polar surface area (TPSA) is 202 Å². The molecular formula is C28H39N3O11. The quantitative estimate of drug-likeness (QED) is 0.0924. The van der Waals surface area contributed by atoms with Gasteiger partial charge >= 0.3 is 11.9 Å². The number of carboxylic acids is 1. The van der Waals surface area contributed by atoms with Gasteiger partial charge in [0.25, 0.3) is 5.91 Å². The molecule has 2 rings (SSSR count). The molecule has 0 fully saturated rings. The van der Waals surface area contributed by atoms with Crippen LogP contribution >= 0.6 is 0 Å². The van der Waals surface area contributed by atoms with Crippen molar-refractivity contribution in [3.63, 3.8) is 0 Å². The summed E-state index contributed by atoms with van der Waals surface area (Å²) in [7, 11) is 4.56. The number of carboxylic acid groups (broad SMARTS) is 1. The largest absolute Gasteiger partial charge is 0.489 e. The van der Waals surface area contributed by atoms with E-state index in [-0.39, 0.29) is 25.7 Å². The van der Waals surface area contributed by atoms with Crippen LogP contribution in [0.1, 0.15) is 36.6 Å². The molecule has 2 aromatic rings. The lowest BCUT2D eigenvalue weighted by atomic mass is 10.1. The van der Waals surface area contributed by atoms with Crippen molar-refractivity contribution in [1.29, 1.82) is 0 Å². The number of aliphatic carboxylic acids is 1. The Balaban J connectivity index is 0.000000871. The van der Waals surface area contributed by atoms with E-state index in [4.69, 9.17) is 25.1 Å². The molecule has 14 heteroatoms. The van der Waals surface area contributed by atoms with Gasteiger partial charge in [0.15, 0.2) is 0 Å². The average Bonchev–Trinajstić information content (AvgIpc) is 2.98. The molecule has 1 atom stereocenters. The summed E-state index contributed by atoms with van der Waals surface area (Å²) >= 11 is 0. The van der Waals surface area contributed by atoms with Crippen molar-refractivity contribution in [3.05, 3.63) is 64.7 Å². The summed E-state index contributed by atoms with van der Waals surface area (Å²) in [6.07, 6.45) is 0.541. The molecule has 0 bridgehead atoms. The van der Waals surface area contributed by atoms with E-state index < -0.39 is 24.8 Å². The fourth-order valence-electron chi connectivity index (χ4n) is 2.90. The molecule has 14 nitrogen and oxygen atoms in total. The van der Waals surface area contributed by atoms with E-state index in [2.05, 4.69) is 20.1 Å². The van der Waals surface area contributed by atoms with Crippen LogP contribution < -0.4 is 21.1 Å². The molecule has 0 aliphatic carbocycles. The Labute approximate surface area is 244 Å². The van der Waals surface area contributed by atoms with Gasteiger partial charge in [-0.25, -0.2) is 9.59 Å². The van der Waals surface area contributed by atoms with Crippen molar-refractivity contribution in [2.24, 2.45) is 5.73 Å². The number of rotatable bonds is 16. The third-order valence-electron chi connectivity index (χ3n) is 4.59. The molecule has 0 heterocycles. The van der Waals surface area contributed by atoms with Crippen LogP contribution in [-0.4, -0.2) is 103 Å². The number of carbonyl (C=O) groups is 5. The smallest absolute Gasteiger partial charge is 0.337 e. The molecule has 0 aromatic heterocycles. The number of nitrogens with one attached hydrogen (secondary N) is 2. The summed E-state index contributed by atoms with van der Waals surface area (Å²) < 4.78 is 24.3. The highest BCUT2D eigenvalue weighted by atomic mass is 16.6. The molecular weight excluding hydrogens is 554 g/mol. The third-order valence-corrected chi connectivity index (χ3v) is 4.59. The maximum Gasteiger partial charge on any atom is 0.337 e. The number of hydrogen-bond donors (Lipinski definition) is 4. The van der Waals surface area contributed by atoms with Gasteiger partial charge in [-0.2, -0.15) is 0 Å². The lowest BCUT2D eigenvalue weighted by molar-refractivity contribution is -0.143. The highest BCUT2D eigenvalue weighted by Gasteiger charge is 2.09. The molecule has 0 saturated heterocycles. The molecule has 0 spiro atoms. The maximum atomic E-state index is 12.0. The van der Waals surface area contributed by atoms with Gasteiger partial charge in [0, 0.05) is 38.4 Å². The summed E-state index contributed by atoms with van der Waals surface area (Å²) in [5.41, 5.74) is 7.89. The Bertz CT molecular complexity index is 1110. The molecule has 0 aliphatic rings. The van der Waals surface area contributed by atoms with E-state index in [1.807, 2.05) is 6.92 Å². The van der Waals surface area contributed by atoms with E-state index in [0.29, 0.717) is 48.2 Å². The van der Waals surface area contributed by atoms with Gasteiger partial charge < -0.3 is 45.2 Å². The monoisotopic (exact) mass is 593 g/mol. The van der Waals surface area contributed by atoms with Crippen LogP contribution in [0.3, 0.4) is 0 Å². The first-order chi connectivity index (χ1) is 20.1. The van der Waals surface area contributed by atoms with Gasteiger partial charge in [-0.05, 0) is 48.9 Å². The van der Waals surface area contributed by atoms with Crippen LogP contribution in [0.15, 0.2) is 42.5 Å². The fourth-order valence-corrected chi connectivity index (χ4v) is 2.90. The summed E-state index contributed by atoms with van der Waals surface area (Å²) in [5, 5.41) is 13.5.